The molecule has 3 aromatic rings. The number of aryl methyl sites for hydroxylation is 1. The Bertz CT molecular complexity index is 795. The number of carbonyl (C=O) groups is 1. The predicted octanol–water partition coefficient (Wildman–Crippen LogP) is 3.38. The summed E-state index contributed by atoms with van der Waals surface area (Å²) in [7, 11) is 0. The van der Waals surface area contributed by atoms with Gasteiger partial charge in [-0.05, 0) is 37.3 Å². The largest absolute Gasteiger partial charge is 0.271 e. The molecule has 0 unspecified atom stereocenters. The number of hydrogen-bond acceptors (Lipinski definition) is 2. The van der Waals surface area contributed by atoms with Crippen LogP contribution in [-0.2, 0) is 0 Å². The molecule has 110 valence electrons. The first-order valence-corrected chi connectivity index (χ1v) is 6.82. The van der Waals surface area contributed by atoms with Gasteiger partial charge in [0.1, 0.15) is 5.82 Å². The van der Waals surface area contributed by atoms with Crippen molar-refractivity contribution in [1.29, 1.82) is 0 Å². The van der Waals surface area contributed by atoms with Crippen LogP contribution in [0.4, 0.5) is 4.39 Å². The lowest BCUT2D eigenvalue weighted by atomic mass is 10.1. The van der Waals surface area contributed by atoms with E-state index in [1.54, 1.807) is 0 Å². The molecule has 5 heteroatoms. The second kappa shape index (κ2) is 5.81. The van der Waals surface area contributed by atoms with Crippen LogP contribution in [0.3, 0.4) is 0 Å². The molecule has 3 rings (SSSR count). The third-order valence-corrected chi connectivity index (χ3v) is 3.21. The molecule has 1 amide bonds. The van der Waals surface area contributed by atoms with Gasteiger partial charge in [0.05, 0.1) is 11.4 Å². The third kappa shape index (κ3) is 2.88. The van der Waals surface area contributed by atoms with Crippen LogP contribution >= 0.6 is 0 Å². The van der Waals surface area contributed by atoms with Gasteiger partial charge in [-0.2, -0.15) is 9.89 Å². The lowest BCUT2D eigenvalue weighted by molar-refractivity contribution is 0.101. The number of nitrogens with one attached hydrogen (secondary N) is 1. The molecule has 1 N–H and O–H groups in total. The molecule has 0 radical (unpaired) electrons. The quantitative estimate of drug-likeness (QED) is 0.805. The normalized spacial score (nSPS) is 10.5. The van der Waals surface area contributed by atoms with Gasteiger partial charge in [-0.3, -0.25) is 4.79 Å². The van der Waals surface area contributed by atoms with Crippen molar-refractivity contribution >= 4 is 5.91 Å². The van der Waals surface area contributed by atoms with E-state index < -0.39 is 0 Å². The first-order chi connectivity index (χ1) is 10.6. The van der Waals surface area contributed by atoms with Crippen LogP contribution in [-0.4, -0.2) is 15.8 Å². The molecule has 1 aromatic heterocycles. The van der Waals surface area contributed by atoms with E-state index in [1.807, 2.05) is 43.3 Å². The highest BCUT2D eigenvalue weighted by Crippen LogP contribution is 2.19. The van der Waals surface area contributed by atoms with E-state index in [9.17, 15) is 9.18 Å². The van der Waals surface area contributed by atoms with Crippen molar-refractivity contribution in [2.24, 2.45) is 0 Å². The lowest BCUT2D eigenvalue weighted by Gasteiger charge is -2.09. The molecule has 4 nitrogen and oxygen atoms in total. The molecule has 0 aliphatic heterocycles. The summed E-state index contributed by atoms with van der Waals surface area (Å²) in [5, 5.41) is 4.28. The maximum absolute atomic E-state index is 12.9. The minimum atomic E-state index is -0.378. The van der Waals surface area contributed by atoms with E-state index in [1.165, 1.54) is 29.1 Å². The number of benzene rings is 2. The predicted molar refractivity (Wildman–Crippen MR) is 82.5 cm³/mol. The summed E-state index contributed by atoms with van der Waals surface area (Å²) in [6, 6.07) is 16.9. The molecule has 0 bridgehead atoms. The molecule has 0 aliphatic rings. The standard InChI is InChI=1S/C17H14FN3O/c1-12-11-16(13-5-3-2-4-6-13)21(19-12)20-17(22)14-7-9-15(18)10-8-14/h2-11H,1H3,(H,20,22). The molecule has 0 saturated carbocycles. The van der Waals surface area contributed by atoms with Gasteiger partial charge in [0.25, 0.3) is 5.91 Å². The molecule has 1 heterocycles. The van der Waals surface area contributed by atoms with E-state index in [0.29, 0.717) is 5.56 Å². The number of carbonyl (C=O) groups excluding carboxylic acids is 1. The molecule has 0 atom stereocenters. The minimum Gasteiger partial charge on any atom is -0.267 e. The fourth-order valence-corrected chi connectivity index (χ4v) is 2.16. The molecule has 2 aromatic carbocycles. The summed E-state index contributed by atoms with van der Waals surface area (Å²) in [4.78, 5) is 13.7. The first kappa shape index (κ1) is 14.0. The SMILES string of the molecule is Cc1cc(-c2ccccc2)n(NC(=O)c2ccc(F)cc2)n1. The number of amides is 1. The smallest absolute Gasteiger partial charge is 0.267 e. The highest BCUT2D eigenvalue weighted by molar-refractivity contribution is 6.00. The minimum absolute atomic E-state index is 0.347. The van der Waals surface area contributed by atoms with Crippen molar-refractivity contribution in [3.63, 3.8) is 0 Å². The van der Waals surface area contributed by atoms with Gasteiger partial charge in [-0.1, -0.05) is 30.3 Å². The van der Waals surface area contributed by atoms with E-state index in [0.717, 1.165) is 17.0 Å². The summed E-state index contributed by atoms with van der Waals surface area (Å²) in [5.74, 6) is -0.725. The van der Waals surface area contributed by atoms with Crippen LogP contribution < -0.4 is 5.43 Å². The first-order valence-electron chi connectivity index (χ1n) is 6.82. The second-order valence-electron chi connectivity index (χ2n) is 4.90. The zero-order chi connectivity index (χ0) is 15.5. The highest BCUT2D eigenvalue weighted by Gasteiger charge is 2.12. The molecular formula is C17H14FN3O. The van der Waals surface area contributed by atoms with Gasteiger partial charge < -0.3 is 0 Å². The summed E-state index contributed by atoms with van der Waals surface area (Å²) in [6.07, 6.45) is 0. The fourth-order valence-electron chi connectivity index (χ4n) is 2.16. The summed E-state index contributed by atoms with van der Waals surface area (Å²) >= 11 is 0. The Balaban J connectivity index is 1.90. The molecule has 0 fully saturated rings. The number of aromatic nitrogens is 2. The Morgan fingerprint density at radius 1 is 1.09 bits per heavy atom. The number of rotatable bonds is 3. The molecule has 0 spiro atoms. The maximum Gasteiger partial charge on any atom is 0.271 e. The van der Waals surface area contributed by atoms with Crippen molar-refractivity contribution in [2.45, 2.75) is 6.92 Å². The Morgan fingerprint density at radius 3 is 2.45 bits per heavy atom. The van der Waals surface area contributed by atoms with Gasteiger partial charge in [0.15, 0.2) is 0 Å². The van der Waals surface area contributed by atoms with Crippen molar-refractivity contribution in [3.05, 3.63) is 77.7 Å². The van der Waals surface area contributed by atoms with Crippen molar-refractivity contribution in [3.8, 4) is 11.3 Å². The molecular weight excluding hydrogens is 281 g/mol. The average molecular weight is 295 g/mol. The van der Waals surface area contributed by atoms with Gasteiger partial charge in [-0.25, -0.2) is 9.82 Å². The zero-order valence-corrected chi connectivity index (χ0v) is 12.0. The summed E-state index contributed by atoms with van der Waals surface area (Å²) < 4.78 is 12.9. The molecule has 0 saturated heterocycles. The molecule has 22 heavy (non-hydrogen) atoms. The second-order valence-corrected chi connectivity index (χ2v) is 4.90. The van der Waals surface area contributed by atoms with Crippen molar-refractivity contribution < 1.29 is 9.18 Å². The van der Waals surface area contributed by atoms with Crippen LogP contribution in [0.15, 0.2) is 60.7 Å². The highest BCUT2D eigenvalue weighted by atomic mass is 19.1. The van der Waals surface area contributed by atoms with Crippen LogP contribution in [0.5, 0.6) is 0 Å². The Kier molecular flexibility index (Phi) is 3.70. The van der Waals surface area contributed by atoms with Crippen molar-refractivity contribution in [2.75, 3.05) is 5.43 Å². The van der Waals surface area contributed by atoms with E-state index >= 15 is 0 Å². The Hall–Kier alpha value is -2.95. The fraction of sp³-hybridized carbons (Fsp3) is 0.0588. The summed E-state index contributed by atoms with van der Waals surface area (Å²) in [5.41, 5.74) is 5.60. The van der Waals surface area contributed by atoms with Gasteiger partial charge in [0.2, 0.25) is 0 Å². The number of halogens is 1. The average Bonchev–Trinajstić information content (AvgIpc) is 2.89. The molecule has 0 aliphatic carbocycles. The zero-order valence-electron chi connectivity index (χ0n) is 12.0. The number of hydrogen-bond donors (Lipinski definition) is 1. The van der Waals surface area contributed by atoms with E-state index in [2.05, 4.69) is 10.5 Å². The summed E-state index contributed by atoms with van der Waals surface area (Å²) in [6.45, 7) is 1.85. The van der Waals surface area contributed by atoms with Crippen LogP contribution in [0.25, 0.3) is 11.3 Å². The van der Waals surface area contributed by atoms with E-state index in [-0.39, 0.29) is 11.7 Å². The topological polar surface area (TPSA) is 46.9 Å². The van der Waals surface area contributed by atoms with Gasteiger partial charge >= 0.3 is 0 Å². The Labute approximate surface area is 127 Å². The maximum atomic E-state index is 12.9. The lowest BCUT2D eigenvalue weighted by Crippen LogP contribution is -2.24. The van der Waals surface area contributed by atoms with Crippen molar-refractivity contribution in [1.82, 2.24) is 9.89 Å². The van der Waals surface area contributed by atoms with Gasteiger partial charge in [-0.15, -0.1) is 0 Å². The van der Waals surface area contributed by atoms with E-state index in [4.69, 9.17) is 0 Å². The van der Waals surface area contributed by atoms with Crippen LogP contribution in [0.2, 0.25) is 0 Å². The Morgan fingerprint density at radius 2 is 1.77 bits per heavy atom. The number of nitrogens with zero attached hydrogens (tertiary/aromatic N) is 2. The third-order valence-electron chi connectivity index (χ3n) is 3.21. The monoisotopic (exact) mass is 295 g/mol. The van der Waals surface area contributed by atoms with Crippen LogP contribution in [0.1, 0.15) is 16.1 Å². The van der Waals surface area contributed by atoms with Gasteiger partial charge in [0, 0.05) is 11.1 Å². The van der Waals surface area contributed by atoms with Crippen LogP contribution in [0, 0.1) is 12.7 Å².